The number of carbonyl (C=O) groups excluding carboxylic acids is 2. The predicted molar refractivity (Wildman–Crippen MR) is 95.3 cm³/mol. The number of Topliss-reactive ketones (excluding diaryl/α,β-unsaturated/α-hetero) is 1. The third-order valence-electron chi connectivity index (χ3n) is 3.92. The van der Waals surface area contributed by atoms with Gasteiger partial charge in [-0.1, -0.05) is 6.07 Å². The van der Waals surface area contributed by atoms with Crippen LogP contribution in [0.1, 0.15) is 33.3 Å². The Morgan fingerprint density at radius 1 is 1.31 bits per heavy atom. The van der Waals surface area contributed by atoms with E-state index in [1.165, 1.54) is 23.6 Å². The Morgan fingerprint density at radius 3 is 2.58 bits per heavy atom. The van der Waals surface area contributed by atoms with Gasteiger partial charge in [0.15, 0.2) is 5.78 Å². The Morgan fingerprint density at radius 2 is 2.00 bits per heavy atom. The van der Waals surface area contributed by atoms with E-state index in [0.29, 0.717) is 0 Å². The number of hydrogen-bond acceptors (Lipinski definition) is 5. The van der Waals surface area contributed by atoms with E-state index in [2.05, 4.69) is 10.6 Å². The Kier molecular flexibility index (Phi) is 6.12. The number of nitrogens with one attached hydrogen (secondary N) is 2. The second-order valence-electron chi connectivity index (χ2n) is 6.06. The van der Waals surface area contributed by atoms with Gasteiger partial charge >= 0.3 is 0 Å². The number of rotatable bonds is 7. The van der Waals surface area contributed by atoms with Crippen molar-refractivity contribution in [3.63, 3.8) is 0 Å². The SMILES string of the molecule is CC(=O)c1cc(C(=O)NCC(O)CO)c(Nc2ccc(C)cc2F)n1C. The summed E-state index contributed by atoms with van der Waals surface area (Å²) < 4.78 is 15.6. The topological polar surface area (TPSA) is 104 Å². The van der Waals surface area contributed by atoms with Gasteiger partial charge in [0.05, 0.1) is 29.7 Å². The quantitative estimate of drug-likeness (QED) is 0.558. The number of benzene rings is 1. The van der Waals surface area contributed by atoms with Crippen LogP contribution in [0.15, 0.2) is 24.3 Å². The van der Waals surface area contributed by atoms with Gasteiger partial charge in [-0.15, -0.1) is 0 Å². The Bertz CT molecular complexity index is 832. The van der Waals surface area contributed by atoms with Crippen molar-refractivity contribution in [2.45, 2.75) is 20.0 Å². The summed E-state index contributed by atoms with van der Waals surface area (Å²) in [4.78, 5) is 24.2. The standard InChI is InChI=1S/C18H22FN3O4/c1-10-4-5-15(14(19)6-10)21-17-13(7-16(11(2)24)22(17)3)18(26)20-8-12(25)9-23/h4-7,12,21,23,25H,8-9H2,1-3H3,(H,20,26). The van der Waals surface area contributed by atoms with Gasteiger partial charge in [-0.25, -0.2) is 4.39 Å². The van der Waals surface area contributed by atoms with E-state index in [4.69, 9.17) is 5.11 Å². The average molecular weight is 363 g/mol. The summed E-state index contributed by atoms with van der Waals surface area (Å²) in [6.45, 7) is 2.47. The maximum absolute atomic E-state index is 14.2. The molecule has 1 unspecified atom stereocenters. The van der Waals surface area contributed by atoms with Crippen molar-refractivity contribution in [1.29, 1.82) is 0 Å². The molecule has 0 aliphatic carbocycles. The van der Waals surface area contributed by atoms with Crippen molar-refractivity contribution < 1.29 is 24.2 Å². The number of amides is 1. The molecule has 2 rings (SSSR count). The fraction of sp³-hybridized carbons (Fsp3) is 0.333. The third kappa shape index (κ3) is 4.27. The van der Waals surface area contributed by atoms with Gasteiger partial charge in [0, 0.05) is 20.5 Å². The van der Waals surface area contributed by atoms with Gasteiger partial charge in [0.25, 0.3) is 5.91 Å². The number of nitrogens with zero attached hydrogens (tertiary/aromatic N) is 1. The Balaban J connectivity index is 2.39. The minimum Gasteiger partial charge on any atom is -0.394 e. The molecule has 0 saturated heterocycles. The summed E-state index contributed by atoms with van der Waals surface area (Å²) in [5.74, 6) is -1.06. The van der Waals surface area contributed by atoms with Crippen molar-refractivity contribution in [2.24, 2.45) is 7.05 Å². The first kappa shape index (κ1) is 19.6. The van der Waals surface area contributed by atoms with Gasteiger partial charge in [-0.2, -0.15) is 0 Å². The first-order chi connectivity index (χ1) is 12.2. The molecular formula is C18H22FN3O4. The van der Waals surface area contributed by atoms with Crippen molar-refractivity contribution in [3.05, 3.63) is 46.9 Å². The molecule has 1 aromatic carbocycles. The minimum absolute atomic E-state index is 0.128. The summed E-state index contributed by atoms with van der Waals surface area (Å²) >= 11 is 0. The summed E-state index contributed by atoms with van der Waals surface area (Å²) in [5.41, 5.74) is 1.31. The maximum Gasteiger partial charge on any atom is 0.255 e. The largest absolute Gasteiger partial charge is 0.394 e. The molecule has 1 atom stereocenters. The summed E-state index contributed by atoms with van der Waals surface area (Å²) in [6, 6.07) is 6.02. The van der Waals surface area contributed by atoms with Gasteiger partial charge in [0.1, 0.15) is 11.6 Å². The number of aryl methyl sites for hydroxylation is 1. The van der Waals surface area contributed by atoms with E-state index in [9.17, 15) is 19.1 Å². The molecule has 140 valence electrons. The molecule has 1 heterocycles. The van der Waals surface area contributed by atoms with Crippen LogP contribution < -0.4 is 10.6 Å². The summed E-state index contributed by atoms with van der Waals surface area (Å²) in [6.07, 6.45) is -1.10. The zero-order chi connectivity index (χ0) is 19.4. The molecule has 0 saturated carbocycles. The van der Waals surface area contributed by atoms with Gasteiger partial charge < -0.3 is 25.4 Å². The molecule has 0 aliphatic rings. The van der Waals surface area contributed by atoms with E-state index in [0.717, 1.165) is 5.56 Å². The number of hydrogen-bond donors (Lipinski definition) is 4. The first-order valence-corrected chi connectivity index (χ1v) is 8.05. The van der Waals surface area contributed by atoms with Crippen LogP contribution in [0.2, 0.25) is 0 Å². The maximum atomic E-state index is 14.2. The lowest BCUT2D eigenvalue weighted by molar-refractivity contribution is 0.0802. The van der Waals surface area contributed by atoms with Crippen LogP contribution >= 0.6 is 0 Å². The zero-order valence-electron chi connectivity index (χ0n) is 14.8. The highest BCUT2D eigenvalue weighted by atomic mass is 19.1. The average Bonchev–Trinajstić information content (AvgIpc) is 2.91. The van der Waals surface area contributed by atoms with E-state index in [-0.39, 0.29) is 35.1 Å². The van der Waals surface area contributed by atoms with Crippen molar-refractivity contribution >= 4 is 23.2 Å². The van der Waals surface area contributed by atoms with Gasteiger partial charge in [0.2, 0.25) is 0 Å². The Labute approximate surface area is 150 Å². The molecule has 0 radical (unpaired) electrons. The minimum atomic E-state index is -1.10. The fourth-order valence-electron chi connectivity index (χ4n) is 2.48. The predicted octanol–water partition coefficient (Wildman–Crippen LogP) is 1.50. The van der Waals surface area contributed by atoms with Crippen LogP contribution in [0, 0.1) is 12.7 Å². The number of aliphatic hydroxyl groups excluding tert-OH is 2. The van der Waals surface area contributed by atoms with Crippen LogP contribution in [0.25, 0.3) is 0 Å². The van der Waals surface area contributed by atoms with Crippen LogP contribution in [0.4, 0.5) is 15.9 Å². The lowest BCUT2D eigenvalue weighted by Crippen LogP contribution is -2.34. The van der Waals surface area contributed by atoms with E-state index >= 15 is 0 Å². The molecule has 1 aromatic heterocycles. The summed E-state index contributed by atoms with van der Waals surface area (Å²) in [5, 5.41) is 23.5. The highest BCUT2D eigenvalue weighted by Crippen LogP contribution is 2.27. The van der Waals surface area contributed by atoms with E-state index < -0.39 is 24.4 Å². The lowest BCUT2D eigenvalue weighted by atomic mass is 10.2. The molecule has 0 fully saturated rings. The zero-order valence-corrected chi connectivity index (χ0v) is 14.8. The van der Waals surface area contributed by atoms with Crippen LogP contribution in [0.5, 0.6) is 0 Å². The lowest BCUT2D eigenvalue weighted by Gasteiger charge is -2.13. The normalized spacial score (nSPS) is 11.9. The second kappa shape index (κ2) is 8.11. The number of aliphatic hydroxyl groups is 2. The number of aromatic nitrogens is 1. The van der Waals surface area contributed by atoms with Crippen LogP contribution in [-0.4, -0.2) is 45.7 Å². The van der Waals surface area contributed by atoms with E-state index in [1.807, 2.05) is 0 Å². The molecule has 8 heteroatoms. The molecule has 4 N–H and O–H groups in total. The Hall–Kier alpha value is -2.71. The van der Waals surface area contributed by atoms with Gasteiger partial charge in [-0.05, 0) is 30.7 Å². The van der Waals surface area contributed by atoms with Crippen molar-refractivity contribution in [3.8, 4) is 0 Å². The first-order valence-electron chi connectivity index (χ1n) is 8.05. The fourth-order valence-corrected chi connectivity index (χ4v) is 2.48. The molecule has 0 aliphatic heterocycles. The van der Waals surface area contributed by atoms with Crippen molar-refractivity contribution in [1.82, 2.24) is 9.88 Å². The van der Waals surface area contributed by atoms with Crippen molar-refractivity contribution in [2.75, 3.05) is 18.5 Å². The second-order valence-corrected chi connectivity index (χ2v) is 6.06. The third-order valence-corrected chi connectivity index (χ3v) is 3.92. The number of halogens is 1. The summed E-state index contributed by atoms with van der Waals surface area (Å²) in [7, 11) is 1.59. The number of carbonyl (C=O) groups is 2. The highest BCUT2D eigenvalue weighted by molar-refractivity contribution is 6.04. The number of ketones is 1. The van der Waals surface area contributed by atoms with Crippen LogP contribution in [-0.2, 0) is 7.05 Å². The smallest absolute Gasteiger partial charge is 0.255 e. The molecular weight excluding hydrogens is 341 g/mol. The molecule has 0 spiro atoms. The van der Waals surface area contributed by atoms with Crippen LogP contribution in [0.3, 0.4) is 0 Å². The molecule has 0 bridgehead atoms. The van der Waals surface area contributed by atoms with E-state index in [1.54, 1.807) is 26.1 Å². The molecule has 2 aromatic rings. The molecule has 26 heavy (non-hydrogen) atoms. The van der Waals surface area contributed by atoms with Gasteiger partial charge in [-0.3, -0.25) is 9.59 Å². The molecule has 1 amide bonds. The number of anilines is 2. The molecule has 7 nitrogen and oxygen atoms in total. The monoisotopic (exact) mass is 363 g/mol. The highest BCUT2D eigenvalue weighted by Gasteiger charge is 2.22.